The molecule has 0 radical (unpaired) electrons. The lowest BCUT2D eigenvalue weighted by Gasteiger charge is -2.30. The van der Waals surface area contributed by atoms with Crippen LogP contribution < -0.4 is 5.32 Å². The molecule has 1 amide bonds. The zero-order valence-electron chi connectivity index (χ0n) is 10.6. The molecular formula is C13H23NO2. The van der Waals surface area contributed by atoms with Crippen molar-refractivity contribution in [2.75, 3.05) is 6.61 Å². The van der Waals surface area contributed by atoms with E-state index in [0.29, 0.717) is 12.0 Å². The summed E-state index contributed by atoms with van der Waals surface area (Å²) in [5.74, 6) is 0.768. The van der Waals surface area contributed by atoms with Crippen LogP contribution in [0.1, 0.15) is 52.9 Å². The molecule has 0 aromatic carbocycles. The highest BCUT2D eigenvalue weighted by atomic mass is 16.6. The molecule has 1 N–H and O–H groups in total. The third kappa shape index (κ3) is 2.33. The van der Waals surface area contributed by atoms with Crippen LogP contribution in [0.3, 0.4) is 0 Å². The molecule has 2 aliphatic rings. The summed E-state index contributed by atoms with van der Waals surface area (Å²) in [6, 6.07) is 0. The smallest absolute Gasteiger partial charge is 0.407 e. The third-order valence-corrected chi connectivity index (χ3v) is 4.25. The van der Waals surface area contributed by atoms with Gasteiger partial charge < -0.3 is 10.1 Å². The molecule has 1 saturated carbocycles. The van der Waals surface area contributed by atoms with Crippen LogP contribution in [-0.2, 0) is 4.74 Å². The van der Waals surface area contributed by atoms with Crippen LogP contribution in [0.15, 0.2) is 0 Å². The quantitative estimate of drug-likeness (QED) is 0.688. The van der Waals surface area contributed by atoms with E-state index in [4.69, 9.17) is 4.74 Å². The number of nitrogens with one attached hydrogen (secondary N) is 1. The van der Waals surface area contributed by atoms with Crippen molar-refractivity contribution in [1.82, 2.24) is 5.32 Å². The van der Waals surface area contributed by atoms with Gasteiger partial charge in [-0.25, -0.2) is 4.79 Å². The Balaban J connectivity index is 2.01. The lowest BCUT2D eigenvalue weighted by molar-refractivity contribution is 0.168. The normalized spacial score (nSPS) is 35.7. The summed E-state index contributed by atoms with van der Waals surface area (Å²) in [5, 5.41) is 3.02. The Labute approximate surface area is 97.9 Å². The van der Waals surface area contributed by atoms with Gasteiger partial charge in [-0.1, -0.05) is 27.2 Å². The first kappa shape index (κ1) is 11.7. The maximum Gasteiger partial charge on any atom is 0.407 e. The zero-order chi connectivity index (χ0) is 11.8. The van der Waals surface area contributed by atoms with Crippen molar-refractivity contribution in [3.63, 3.8) is 0 Å². The average Bonchev–Trinajstić information content (AvgIpc) is 2.42. The fourth-order valence-corrected chi connectivity index (χ4v) is 3.03. The van der Waals surface area contributed by atoms with Crippen molar-refractivity contribution in [3.05, 3.63) is 0 Å². The first-order valence-corrected chi connectivity index (χ1v) is 6.36. The van der Waals surface area contributed by atoms with Gasteiger partial charge in [0.2, 0.25) is 0 Å². The minimum absolute atomic E-state index is 0.0446. The van der Waals surface area contributed by atoms with E-state index >= 15 is 0 Å². The molecule has 92 valence electrons. The van der Waals surface area contributed by atoms with Crippen molar-refractivity contribution < 1.29 is 9.53 Å². The Bertz CT molecular complexity index is 282. The van der Waals surface area contributed by atoms with E-state index < -0.39 is 0 Å². The zero-order valence-corrected chi connectivity index (χ0v) is 10.6. The number of alkyl carbamates (subject to hydrolysis) is 1. The predicted octanol–water partition coefficient (Wildman–Crippen LogP) is 3.09. The fraction of sp³-hybridized carbons (Fsp3) is 0.923. The van der Waals surface area contributed by atoms with Gasteiger partial charge in [0.25, 0.3) is 0 Å². The lowest BCUT2D eigenvalue weighted by Crippen LogP contribution is -2.42. The van der Waals surface area contributed by atoms with Gasteiger partial charge >= 0.3 is 6.09 Å². The van der Waals surface area contributed by atoms with Crippen molar-refractivity contribution in [2.24, 2.45) is 11.3 Å². The molecule has 0 aromatic heterocycles. The van der Waals surface area contributed by atoms with Crippen molar-refractivity contribution >= 4 is 6.09 Å². The second-order valence-electron chi connectivity index (χ2n) is 6.48. The van der Waals surface area contributed by atoms with Gasteiger partial charge in [0.05, 0.1) is 5.54 Å². The molecular weight excluding hydrogens is 202 g/mol. The molecule has 0 bridgehead atoms. The Morgan fingerprint density at radius 3 is 2.62 bits per heavy atom. The van der Waals surface area contributed by atoms with Crippen LogP contribution >= 0.6 is 0 Å². The molecule has 1 saturated heterocycles. The highest BCUT2D eigenvalue weighted by molar-refractivity contribution is 5.70. The van der Waals surface area contributed by atoms with Crippen molar-refractivity contribution in [1.29, 1.82) is 0 Å². The summed E-state index contributed by atoms with van der Waals surface area (Å²) in [6.45, 7) is 7.53. The molecule has 3 nitrogen and oxygen atoms in total. The van der Waals surface area contributed by atoms with E-state index in [1.54, 1.807) is 0 Å². The first-order valence-electron chi connectivity index (χ1n) is 6.36. The largest absolute Gasteiger partial charge is 0.447 e. The molecule has 2 fully saturated rings. The monoisotopic (exact) mass is 225 g/mol. The van der Waals surface area contributed by atoms with Gasteiger partial charge in [-0.2, -0.15) is 0 Å². The minimum Gasteiger partial charge on any atom is -0.447 e. The fourth-order valence-electron chi connectivity index (χ4n) is 3.03. The number of hydrogen-bond donors (Lipinski definition) is 1. The van der Waals surface area contributed by atoms with Crippen LogP contribution in [0.2, 0.25) is 0 Å². The van der Waals surface area contributed by atoms with E-state index in [-0.39, 0.29) is 11.6 Å². The summed E-state index contributed by atoms with van der Waals surface area (Å²) >= 11 is 0. The van der Waals surface area contributed by atoms with Gasteiger partial charge in [-0.05, 0) is 37.0 Å². The van der Waals surface area contributed by atoms with Gasteiger partial charge in [0, 0.05) is 0 Å². The van der Waals surface area contributed by atoms with Gasteiger partial charge in [0.15, 0.2) is 0 Å². The van der Waals surface area contributed by atoms with E-state index in [1.165, 1.54) is 19.3 Å². The number of hydrogen-bond acceptors (Lipinski definition) is 2. The lowest BCUT2D eigenvalue weighted by atomic mass is 9.76. The minimum atomic E-state index is -0.228. The average molecular weight is 225 g/mol. The third-order valence-electron chi connectivity index (χ3n) is 4.25. The number of ether oxygens (including phenoxy) is 1. The topological polar surface area (TPSA) is 38.3 Å². The molecule has 16 heavy (non-hydrogen) atoms. The predicted molar refractivity (Wildman–Crippen MR) is 63.2 cm³/mol. The second-order valence-corrected chi connectivity index (χ2v) is 6.48. The Morgan fingerprint density at radius 1 is 1.31 bits per heavy atom. The Morgan fingerprint density at radius 2 is 2.06 bits per heavy atom. The van der Waals surface area contributed by atoms with Crippen LogP contribution in [0.4, 0.5) is 4.79 Å². The van der Waals surface area contributed by atoms with Crippen molar-refractivity contribution in [2.45, 2.75) is 58.4 Å². The highest BCUT2D eigenvalue weighted by Gasteiger charge is 2.42. The first-order chi connectivity index (χ1) is 7.41. The molecule has 2 atom stereocenters. The van der Waals surface area contributed by atoms with E-state index in [2.05, 4.69) is 26.1 Å². The molecule has 1 aliphatic heterocycles. The molecule has 3 heteroatoms. The standard InChI is InChI=1S/C13H23NO2/c1-12(2,3)10-5-4-7-13(8-6-10)9-16-11(15)14-13/h10H,4-9H2,1-3H3,(H,14,15). The number of rotatable bonds is 0. The maximum absolute atomic E-state index is 11.2. The molecule has 0 aromatic rings. The number of carbonyl (C=O) groups excluding carboxylic acids is 1. The van der Waals surface area contributed by atoms with Gasteiger partial charge in [0.1, 0.15) is 6.61 Å². The van der Waals surface area contributed by atoms with Gasteiger partial charge in [-0.15, -0.1) is 0 Å². The second kappa shape index (κ2) is 3.94. The molecule has 2 rings (SSSR count). The van der Waals surface area contributed by atoms with Crippen LogP contribution in [0, 0.1) is 11.3 Å². The molecule has 1 aliphatic carbocycles. The Kier molecular flexibility index (Phi) is 2.89. The molecule has 1 heterocycles. The number of cyclic esters (lactones) is 1. The summed E-state index contributed by atoms with van der Waals surface area (Å²) in [5.41, 5.74) is 0.339. The summed E-state index contributed by atoms with van der Waals surface area (Å²) in [6.07, 6.45) is 5.60. The highest BCUT2D eigenvalue weighted by Crippen LogP contribution is 2.40. The van der Waals surface area contributed by atoms with Crippen molar-refractivity contribution in [3.8, 4) is 0 Å². The van der Waals surface area contributed by atoms with Gasteiger partial charge in [-0.3, -0.25) is 0 Å². The van der Waals surface area contributed by atoms with Crippen LogP contribution in [0.25, 0.3) is 0 Å². The van der Waals surface area contributed by atoms with Crippen LogP contribution in [-0.4, -0.2) is 18.2 Å². The maximum atomic E-state index is 11.2. The summed E-state index contributed by atoms with van der Waals surface area (Å²) in [4.78, 5) is 11.2. The summed E-state index contributed by atoms with van der Waals surface area (Å²) in [7, 11) is 0. The number of amides is 1. The Hall–Kier alpha value is -0.730. The van der Waals surface area contributed by atoms with E-state index in [9.17, 15) is 4.79 Å². The van der Waals surface area contributed by atoms with Crippen LogP contribution in [0.5, 0.6) is 0 Å². The SMILES string of the molecule is CC(C)(C)C1CCCC2(CC1)COC(=O)N2. The summed E-state index contributed by atoms with van der Waals surface area (Å²) < 4.78 is 5.07. The molecule has 2 unspecified atom stereocenters. The van der Waals surface area contributed by atoms with E-state index in [0.717, 1.165) is 18.8 Å². The number of carbonyl (C=O) groups is 1. The molecule has 1 spiro atoms. The van der Waals surface area contributed by atoms with E-state index in [1.807, 2.05) is 0 Å².